The molecule has 1 saturated heterocycles. The van der Waals surface area contributed by atoms with Crippen LogP contribution in [0.15, 0.2) is 41.9 Å². The van der Waals surface area contributed by atoms with Crippen LogP contribution in [-0.2, 0) is 9.31 Å². The van der Waals surface area contributed by atoms with Gasteiger partial charge in [0.05, 0.1) is 11.2 Å². The molecule has 1 heterocycles. The maximum Gasteiger partial charge on any atom is 0.487 e. The Balaban J connectivity index is 1.60. The molecular formula is C19H27BO2. The average molecular weight is 298 g/mol. The molecule has 2 fully saturated rings. The van der Waals surface area contributed by atoms with Crippen LogP contribution in [0.1, 0.15) is 64.9 Å². The summed E-state index contributed by atoms with van der Waals surface area (Å²) in [6.07, 6.45) is 4.78. The SMILES string of the molecule is CC1(C)OB(C=C2CCC(c3ccccc3)CC2)OC1(C)C. The first kappa shape index (κ1) is 15.8. The zero-order valence-corrected chi connectivity index (χ0v) is 14.3. The van der Waals surface area contributed by atoms with Gasteiger partial charge in [0.25, 0.3) is 0 Å². The third kappa shape index (κ3) is 3.16. The Morgan fingerprint density at radius 1 is 0.955 bits per heavy atom. The highest BCUT2D eigenvalue weighted by atomic mass is 16.7. The Morgan fingerprint density at radius 3 is 2.05 bits per heavy atom. The van der Waals surface area contributed by atoms with Gasteiger partial charge in [-0.15, -0.1) is 0 Å². The molecule has 0 N–H and O–H groups in total. The fourth-order valence-corrected chi connectivity index (χ4v) is 3.36. The van der Waals surface area contributed by atoms with Gasteiger partial charge in [-0.2, -0.15) is 0 Å². The smallest absolute Gasteiger partial charge is 0.400 e. The summed E-state index contributed by atoms with van der Waals surface area (Å²) in [5.41, 5.74) is 2.49. The third-order valence-electron chi connectivity index (χ3n) is 5.54. The van der Waals surface area contributed by atoms with Crippen molar-refractivity contribution in [3.05, 3.63) is 47.4 Å². The van der Waals surface area contributed by atoms with Gasteiger partial charge in [-0.05, 0) is 64.9 Å². The maximum absolute atomic E-state index is 6.08. The maximum atomic E-state index is 6.08. The van der Waals surface area contributed by atoms with Crippen molar-refractivity contribution >= 4 is 7.12 Å². The van der Waals surface area contributed by atoms with Crippen molar-refractivity contribution in [3.63, 3.8) is 0 Å². The van der Waals surface area contributed by atoms with Crippen molar-refractivity contribution in [2.75, 3.05) is 0 Å². The van der Waals surface area contributed by atoms with Crippen molar-refractivity contribution in [3.8, 4) is 0 Å². The van der Waals surface area contributed by atoms with E-state index in [-0.39, 0.29) is 18.3 Å². The molecule has 1 aliphatic heterocycles. The zero-order valence-electron chi connectivity index (χ0n) is 14.3. The Kier molecular flexibility index (Phi) is 4.22. The first-order valence-electron chi connectivity index (χ1n) is 8.47. The molecular weight excluding hydrogens is 271 g/mol. The van der Waals surface area contributed by atoms with Gasteiger partial charge in [-0.25, -0.2) is 0 Å². The number of benzene rings is 1. The van der Waals surface area contributed by atoms with Gasteiger partial charge in [0.2, 0.25) is 0 Å². The molecule has 1 saturated carbocycles. The number of hydrogen-bond donors (Lipinski definition) is 0. The van der Waals surface area contributed by atoms with E-state index in [0.29, 0.717) is 5.92 Å². The molecule has 2 nitrogen and oxygen atoms in total. The monoisotopic (exact) mass is 298 g/mol. The molecule has 1 aromatic rings. The molecule has 0 radical (unpaired) electrons. The molecule has 0 bridgehead atoms. The molecule has 22 heavy (non-hydrogen) atoms. The molecule has 0 atom stereocenters. The molecule has 1 aromatic carbocycles. The summed E-state index contributed by atoms with van der Waals surface area (Å²) in [6, 6.07) is 10.9. The van der Waals surface area contributed by atoms with Crippen LogP contribution in [0.5, 0.6) is 0 Å². The minimum atomic E-state index is -0.240. The largest absolute Gasteiger partial charge is 0.487 e. The van der Waals surface area contributed by atoms with Gasteiger partial charge in [-0.3, -0.25) is 0 Å². The standard InChI is InChI=1S/C19H27BO2/c1-18(2)19(3,4)22-20(21-18)14-15-10-12-17(13-11-15)16-8-6-5-7-9-16/h5-9,14,17H,10-13H2,1-4H3. The van der Waals surface area contributed by atoms with Crippen LogP contribution in [0.2, 0.25) is 0 Å². The molecule has 1 aliphatic carbocycles. The number of allylic oxidation sites excluding steroid dienone is 1. The van der Waals surface area contributed by atoms with E-state index in [0.717, 1.165) is 12.8 Å². The molecule has 0 aromatic heterocycles. The highest BCUT2D eigenvalue weighted by Crippen LogP contribution is 2.39. The van der Waals surface area contributed by atoms with Crippen LogP contribution in [0, 0.1) is 0 Å². The van der Waals surface area contributed by atoms with Crippen LogP contribution in [0.3, 0.4) is 0 Å². The summed E-state index contributed by atoms with van der Waals surface area (Å²) in [7, 11) is -0.187. The van der Waals surface area contributed by atoms with Crippen molar-refractivity contribution in [1.82, 2.24) is 0 Å². The minimum Gasteiger partial charge on any atom is -0.400 e. The van der Waals surface area contributed by atoms with Gasteiger partial charge in [-0.1, -0.05) is 41.9 Å². The van der Waals surface area contributed by atoms with E-state index in [1.807, 2.05) is 0 Å². The second kappa shape index (κ2) is 5.86. The van der Waals surface area contributed by atoms with Crippen molar-refractivity contribution in [2.24, 2.45) is 0 Å². The van der Waals surface area contributed by atoms with Crippen LogP contribution >= 0.6 is 0 Å². The van der Waals surface area contributed by atoms with Crippen LogP contribution in [-0.4, -0.2) is 18.3 Å². The molecule has 2 aliphatic rings. The Morgan fingerprint density at radius 2 is 1.50 bits per heavy atom. The number of rotatable bonds is 2. The number of hydrogen-bond acceptors (Lipinski definition) is 2. The summed E-state index contributed by atoms with van der Waals surface area (Å²) < 4.78 is 12.2. The average Bonchev–Trinajstić information content (AvgIpc) is 2.68. The predicted molar refractivity (Wildman–Crippen MR) is 91.8 cm³/mol. The lowest BCUT2D eigenvalue weighted by Gasteiger charge is -2.32. The van der Waals surface area contributed by atoms with E-state index in [1.54, 1.807) is 0 Å². The third-order valence-corrected chi connectivity index (χ3v) is 5.54. The van der Waals surface area contributed by atoms with Crippen molar-refractivity contribution in [1.29, 1.82) is 0 Å². The Labute approximate surface area is 135 Å². The molecule has 3 heteroatoms. The van der Waals surface area contributed by atoms with E-state index in [9.17, 15) is 0 Å². The summed E-state index contributed by atoms with van der Waals surface area (Å²) in [4.78, 5) is 0. The summed E-state index contributed by atoms with van der Waals surface area (Å²) in [5.74, 6) is 2.93. The fourth-order valence-electron chi connectivity index (χ4n) is 3.36. The molecule has 3 rings (SSSR count). The quantitative estimate of drug-likeness (QED) is 0.723. The molecule has 0 amide bonds. The van der Waals surface area contributed by atoms with Gasteiger partial charge in [0, 0.05) is 0 Å². The van der Waals surface area contributed by atoms with E-state index in [2.05, 4.69) is 64.0 Å². The molecule has 118 valence electrons. The normalized spacial score (nSPS) is 27.0. The van der Waals surface area contributed by atoms with Crippen LogP contribution in [0.25, 0.3) is 0 Å². The van der Waals surface area contributed by atoms with Crippen LogP contribution in [0.4, 0.5) is 0 Å². The fraction of sp³-hybridized carbons (Fsp3) is 0.579. The first-order valence-corrected chi connectivity index (χ1v) is 8.47. The summed E-state index contributed by atoms with van der Waals surface area (Å²) >= 11 is 0. The van der Waals surface area contributed by atoms with Gasteiger partial charge in [0.1, 0.15) is 0 Å². The van der Waals surface area contributed by atoms with Crippen molar-refractivity contribution in [2.45, 2.75) is 70.5 Å². The topological polar surface area (TPSA) is 18.5 Å². The molecule has 0 spiro atoms. The van der Waals surface area contributed by atoms with E-state index in [1.165, 1.54) is 24.0 Å². The highest BCUT2D eigenvalue weighted by Gasteiger charge is 2.50. The second-order valence-electron chi connectivity index (χ2n) is 7.63. The highest BCUT2D eigenvalue weighted by molar-refractivity contribution is 6.51. The Hall–Kier alpha value is -1.06. The summed E-state index contributed by atoms with van der Waals surface area (Å²) in [6.45, 7) is 8.44. The zero-order chi connectivity index (χ0) is 15.8. The lowest BCUT2D eigenvalue weighted by molar-refractivity contribution is 0.00578. The second-order valence-corrected chi connectivity index (χ2v) is 7.63. The Bertz CT molecular complexity index is 522. The van der Waals surface area contributed by atoms with Crippen molar-refractivity contribution < 1.29 is 9.31 Å². The predicted octanol–water partition coefficient (Wildman–Crippen LogP) is 4.90. The van der Waals surface area contributed by atoms with Gasteiger partial charge < -0.3 is 9.31 Å². The van der Waals surface area contributed by atoms with Crippen LogP contribution < -0.4 is 0 Å². The first-order chi connectivity index (χ1) is 10.4. The van der Waals surface area contributed by atoms with E-state index in [4.69, 9.17) is 9.31 Å². The van der Waals surface area contributed by atoms with E-state index < -0.39 is 0 Å². The van der Waals surface area contributed by atoms with Gasteiger partial charge >= 0.3 is 7.12 Å². The summed E-state index contributed by atoms with van der Waals surface area (Å²) in [5, 5.41) is 0. The lowest BCUT2D eigenvalue weighted by atomic mass is 9.77. The minimum absolute atomic E-state index is 0.187. The lowest BCUT2D eigenvalue weighted by Crippen LogP contribution is -2.41. The van der Waals surface area contributed by atoms with E-state index >= 15 is 0 Å². The molecule has 0 unspecified atom stereocenters. The van der Waals surface area contributed by atoms with Gasteiger partial charge in [0.15, 0.2) is 0 Å².